The van der Waals surface area contributed by atoms with E-state index in [0.717, 1.165) is 21.8 Å². The number of likely N-dealkylation sites (N-methyl/N-ethyl adjacent to an activating group) is 1. The highest BCUT2D eigenvalue weighted by Gasteiger charge is 2.35. The highest BCUT2D eigenvalue weighted by Crippen LogP contribution is 2.42. The molecule has 7 nitrogen and oxygen atoms in total. The molecule has 9 heteroatoms. The van der Waals surface area contributed by atoms with Crippen LogP contribution in [-0.2, 0) is 26.0 Å². The van der Waals surface area contributed by atoms with Crippen LogP contribution in [0.25, 0.3) is 10.4 Å². The molecule has 0 aliphatic carbocycles. The lowest BCUT2D eigenvalue weighted by molar-refractivity contribution is -0.140. The zero-order valence-corrected chi connectivity index (χ0v) is 17.7. The molecule has 0 unspecified atom stereocenters. The van der Waals surface area contributed by atoms with Crippen LogP contribution in [0, 0.1) is 0 Å². The third-order valence-corrected chi connectivity index (χ3v) is 8.20. The number of fused-ring (bicyclic) bond motifs is 3. The summed E-state index contributed by atoms with van der Waals surface area (Å²) in [4.78, 5) is 28.0. The number of carbonyl (C=O) groups excluding carboxylic acids is 2. The lowest BCUT2D eigenvalue weighted by atomic mass is 10.1. The molecule has 1 fully saturated rings. The summed E-state index contributed by atoms with van der Waals surface area (Å²) < 4.78 is 34.4. The molecule has 0 N–H and O–H groups in total. The quantitative estimate of drug-likeness (QED) is 0.686. The number of amides is 1. The molecule has 0 radical (unpaired) electrons. The Labute approximate surface area is 173 Å². The van der Waals surface area contributed by atoms with Gasteiger partial charge in [-0.3, -0.25) is 4.79 Å². The number of hydrogen-bond acceptors (Lipinski definition) is 7. The van der Waals surface area contributed by atoms with Crippen molar-refractivity contribution in [3.63, 3.8) is 0 Å². The minimum atomic E-state index is -3.10. The molecule has 4 rings (SSSR count). The van der Waals surface area contributed by atoms with Crippen LogP contribution in [0.3, 0.4) is 0 Å². The Bertz CT molecular complexity index is 1070. The third kappa shape index (κ3) is 3.89. The van der Waals surface area contributed by atoms with E-state index in [4.69, 9.17) is 9.47 Å². The van der Waals surface area contributed by atoms with Crippen LogP contribution in [0.15, 0.2) is 30.3 Å². The topological polar surface area (TPSA) is 90.0 Å². The van der Waals surface area contributed by atoms with Gasteiger partial charge in [0, 0.05) is 29.1 Å². The molecule has 3 heterocycles. The molecule has 2 aromatic rings. The minimum absolute atomic E-state index is 0.0487. The fourth-order valence-electron chi connectivity index (χ4n) is 3.62. The average Bonchev–Trinajstić information content (AvgIpc) is 3.30. The Morgan fingerprint density at radius 2 is 2.07 bits per heavy atom. The lowest BCUT2D eigenvalue weighted by Gasteiger charge is -2.26. The summed E-state index contributed by atoms with van der Waals surface area (Å²) in [7, 11) is -1.55. The first kappa shape index (κ1) is 19.9. The summed E-state index contributed by atoms with van der Waals surface area (Å²) in [5.41, 5.74) is 1.84. The summed E-state index contributed by atoms with van der Waals surface area (Å²) in [6, 6.07) is 8.99. The lowest BCUT2D eigenvalue weighted by Crippen LogP contribution is -2.44. The number of rotatable bonds is 4. The Morgan fingerprint density at radius 3 is 2.79 bits per heavy atom. The van der Waals surface area contributed by atoms with Crippen LogP contribution < -0.4 is 4.74 Å². The van der Waals surface area contributed by atoms with Crippen molar-refractivity contribution in [2.75, 3.05) is 18.6 Å². The second kappa shape index (κ2) is 7.46. The molecule has 29 heavy (non-hydrogen) atoms. The first-order valence-electron chi connectivity index (χ1n) is 9.28. The molecule has 2 atom stereocenters. The van der Waals surface area contributed by atoms with Gasteiger partial charge >= 0.3 is 5.97 Å². The first-order valence-corrected chi connectivity index (χ1v) is 11.9. The van der Waals surface area contributed by atoms with Gasteiger partial charge in [-0.15, -0.1) is 11.3 Å². The Morgan fingerprint density at radius 1 is 1.31 bits per heavy atom. The number of benzene rings is 1. The fraction of sp³-hybridized carbons (Fsp3) is 0.400. The first-order chi connectivity index (χ1) is 13.7. The van der Waals surface area contributed by atoms with Crippen LogP contribution in [0.2, 0.25) is 0 Å². The predicted molar refractivity (Wildman–Crippen MR) is 109 cm³/mol. The maximum atomic E-state index is 12.6. The van der Waals surface area contributed by atoms with Gasteiger partial charge < -0.3 is 14.4 Å². The van der Waals surface area contributed by atoms with E-state index < -0.39 is 27.8 Å². The van der Waals surface area contributed by atoms with E-state index in [9.17, 15) is 18.0 Å². The van der Waals surface area contributed by atoms with Crippen molar-refractivity contribution in [1.82, 2.24) is 4.90 Å². The second-order valence-corrected chi connectivity index (χ2v) is 10.6. The molecule has 2 aliphatic heterocycles. The van der Waals surface area contributed by atoms with E-state index in [-0.39, 0.29) is 17.5 Å². The predicted octanol–water partition coefficient (Wildman–Crippen LogP) is 2.50. The maximum Gasteiger partial charge on any atom is 0.349 e. The van der Waals surface area contributed by atoms with Gasteiger partial charge in [0.25, 0.3) is 5.91 Å². The third-order valence-electron chi connectivity index (χ3n) is 5.26. The monoisotopic (exact) mass is 435 g/mol. The molecular weight excluding hydrogens is 414 g/mol. The minimum Gasteiger partial charge on any atom is -0.488 e. The van der Waals surface area contributed by atoms with E-state index in [1.165, 1.54) is 23.2 Å². The summed E-state index contributed by atoms with van der Waals surface area (Å²) in [6.45, 7) is 1.88. The number of hydrogen-bond donors (Lipinski definition) is 0. The van der Waals surface area contributed by atoms with Gasteiger partial charge in [-0.1, -0.05) is 12.1 Å². The van der Waals surface area contributed by atoms with Crippen molar-refractivity contribution >= 4 is 33.1 Å². The van der Waals surface area contributed by atoms with E-state index in [1.54, 1.807) is 13.1 Å². The fourth-order valence-corrected chi connectivity index (χ4v) is 6.47. The Balaban J connectivity index is 1.45. The molecule has 1 aromatic heterocycles. The van der Waals surface area contributed by atoms with Gasteiger partial charge in [0.1, 0.15) is 17.2 Å². The van der Waals surface area contributed by atoms with Gasteiger partial charge in [-0.05, 0) is 31.5 Å². The Kier molecular flexibility index (Phi) is 5.12. The van der Waals surface area contributed by atoms with E-state index in [2.05, 4.69) is 0 Å². The average molecular weight is 436 g/mol. The van der Waals surface area contributed by atoms with Gasteiger partial charge in [0.15, 0.2) is 15.9 Å². The van der Waals surface area contributed by atoms with Crippen LogP contribution in [0.4, 0.5) is 0 Å². The standard InChI is InChI=1S/C20H21NO6S2/c1-12(19(22)21(2)14-7-8-29(24,25)11-14)27-20(23)17-9-13-10-26-16-6-4-3-5-15(16)18(13)28-17/h3-6,9,12,14H,7-8,10-11H2,1-2H3/t12-,14-/m1/s1. The van der Waals surface area contributed by atoms with Crippen LogP contribution in [-0.4, -0.2) is 55.9 Å². The number of para-hydroxylation sites is 1. The highest BCUT2D eigenvalue weighted by molar-refractivity contribution is 7.91. The number of sulfone groups is 1. The van der Waals surface area contributed by atoms with Crippen molar-refractivity contribution in [3.05, 3.63) is 40.8 Å². The molecule has 1 saturated heterocycles. The van der Waals surface area contributed by atoms with Gasteiger partial charge in [-0.25, -0.2) is 13.2 Å². The molecule has 1 aromatic carbocycles. The Hall–Kier alpha value is -2.39. The van der Waals surface area contributed by atoms with Gasteiger partial charge in [0.05, 0.1) is 11.5 Å². The molecule has 0 spiro atoms. The largest absolute Gasteiger partial charge is 0.488 e. The van der Waals surface area contributed by atoms with Crippen LogP contribution >= 0.6 is 11.3 Å². The number of ether oxygens (including phenoxy) is 2. The van der Waals surface area contributed by atoms with Crippen molar-refractivity contribution < 1.29 is 27.5 Å². The van der Waals surface area contributed by atoms with Crippen molar-refractivity contribution in [3.8, 4) is 16.2 Å². The SMILES string of the molecule is C[C@@H](OC(=O)c1cc2c(s1)-c1ccccc1OC2)C(=O)N(C)[C@@H]1CCS(=O)(=O)C1. The summed E-state index contributed by atoms with van der Waals surface area (Å²) in [5, 5.41) is 0. The maximum absolute atomic E-state index is 12.6. The van der Waals surface area contributed by atoms with Crippen molar-refractivity contribution in [2.45, 2.75) is 32.1 Å². The number of thiophene rings is 1. The molecule has 2 aliphatic rings. The molecular formula is C20H21NO6S2. The zero-order valence-electron chi connectivity index (χ0n) is 16.1. The number of nitrogens with zero attached hydrogens (tertiary/aromatic N) is 1. The van der Waals surface area contributed by atoms with E-state index >= 15 is 0 Å². The summed E-state index contributed by atoms with van der Waals surface area (Å²) >= 11 is 1.31. The molecule has 0 saturated carbocycles. The number of carbonyl (C=O) groups is 2. The molecule has 0 bridgehead atoms. The zero-order chi connectivity index (χ0) is 20.8. The second-order valence-electron chi connectivity index (χ2n) is 7.30. The smallest absolute Gasteiger partial charge is 0.349 e. The van der Waals surface area contributed by atoms with Gasteiger partial charge in [-0.2, -0.15) is 0 Å². The summed E-state index contributed by atoms with van der Waals surface area (Å²) in [5.74, 6) is -0.176. The van der Waals surface area contributed by atoms with Crippen molar-refractivity contribution in [2.24, 2.45) is 0 Å². The highest BCUT2D eigenvalue weighted by atomic mass is 32.2. The van der Waals surface area contributed by atoms with Crippen LogP contribution in [0.1, 0.15) is 28.6 Å². The van der Waals surface area contributed by atoms with Crippen molar-refractivity contribution in [1.29, 1.82) is 0 Å². The summed E-state index contributed by atoms with van der Waals surface area (Å²) in [6.07, 6.45) is -0.596. The molecule has 154 valence electrons. The van der Waals surface area contributed by atoms with Gasteiger partial charge in [0.2, 0.25) is 0 Å². The number of esters is 1. The van der Waals surface area contributed by atoms with E-state index in [0.29, 0.717) is 17.9 Å². The van der Waals surface area contributed by atoms with E-state index in [1.807, 2.05) is 24.3 Å². The van der Waals surface area contributed by atoms with Crippen LogP contribution in [0.5, 0.6) is 5.75 Å². The normalized spacial score (nSPS) is 20.1. The molecule has 1 amide bonds.